The molecule has 2 nitrogen and oxygen atoms in total. The zero-order chi connectivity index (χ0) is 7.56. The molecule has 1 rings (SSSR count). The first kappa shape index (κ1) is 7.63. The van der Waals surface area contributed by atoms with Gasteiger partial charge in [-0.3, -0.25) is 0 Å². The quantitative estimate of drug-likeness (QED) is 0.715. The molecule has 1 aromatic heterocycles. The van der Waals surface area contributed by atoms with E-state index in [1.807, 2.05) is 6.92 Å². The zero-order valence-electron chi connectivity index (χ0n) is 5.80. The van der Waals surface area contributed by atoms with Crippen LogP contribution < -0.4 is 5.73 Å². The third-order valence-electron chi connectivity index (χ3n) is 1.18. The third kappa shape index (κ3) is 2.05. The van der Waals surface area contributed by atoms with Gasteiger partial charge in [-0.25, -0.2) is 0 Å². The standard InChI is InChI=1S/C7H10ClNO/c1-5(9)2-6-3-7(8)10-4-6/h3-5H,2,9H2,1H3. The first-order valence-electron chi connectivity index (χ1n) is 3.17. The summed E-state index contributed by atoms with van der Waals surface area (Å²) < 4.78 is 4.88. The van der Waals surface area contributed by atoms with Crippen molar-refractivity contribution in [3.63, 3.8) is 0 Å². The van der Waals surface area contributed by atoms with E-state index < -0.39 is 0 Å². The Bertz CT molecular complexity index is 207. The molecule has 2 N–H and O–H groups in total. The molecule has 0 bridgehead atoms. The molecule has 0 fully saturated rings. The van der Waals surface area contributed by atoms with E-state index in [1.165, 1.54) is 0 Å². The summed E-state index contributed by atoms with van der Waals surface area (Å²) in [6, 6.07) is 1.94. The van der Waals surface area contributed by atoms with Gasteiger partial charge in [0.15, 0.2) is 5.22 Å². The molecule has 0 aliphatic rings. The Kier molecular flexibility index (Phi) is 2.35. The Labute approximate surface area is 65.0 Å². The monoisotopic (exact) mass is 159 g/mol. The summed E-state index contributed by atoms with van der Waals surface area (Å²) >= 11 is 5.54. The molecular formula is C7H10ClNO. The summed E-state index contributed by atoms with van der Waals surface area (Å²) in [5.74, 6) is 0. The van der Waals surface area contributed by atoms with Crippen LogP contribution >= 0.6 is 11.6 Å². The van der Waals surface area contributed by atoms with Crippen LogP contribution in [0.2, 0.25) is 5.22 Å². The van der Waals surface area contributed by atoms with Gasteiger partial charge >= 0.3 is 0 Å². The lowest BCUT2D eigenvalue weighted by Crippen LogP contribution is -2.17. The molecule has 1 heterocycles. The second-order valence-electron chi connectivity index (χ2n) is 2.44. The molecule has 0 radical (unpaired) electrons. The summed E-state index contributed by atoms with van der Waals surface area (Å²) in [5, 5.41) is 0.427. The number of furan rings is 1. The van der Waals surface area contributed by atoms with Gasteiger partial charge < -0.3 is 10.2 Å². The maximum Gasteiger partial charge on any atom is 0.193 e. The molecule has 3 heteroatoms. The van der Waals surface area contributed by atoms with Crippen LogP contribution in [0.1, 0.15) is 12.5 Å². The minimum Gasteiger partial charge on any atom is -0.453 e. The lowest BCUT2D eigenvalue weighted by Gasteiger charge is -1.98. The van der Waals surface area contributed by atoms with Gasteiger partial charge in [-0.15, -0.1) is 0 Å². The SMILES string of the molecule is CC(N)Cc1coc(Cl)c1. The van der Waals surface area contributed by atoms with Crippen molar-refractivity contribution in [3.05, 3.63) is 23.1 Å². The molecule has 0 aliphatic carbocycles. The first-order chi connectivity index (χ1) is 4.68. The Balaban J connectivity index is 2.58. The van der Waals surface area contributed by atoms with Crippen LogP contribution in [-0.2, 0) is 6.42 Å². The second kappa shape index (κ2) is 3.08. The predicted molar refractivity (Wildman–Crippen MR) is 41.1 cm³/mol. The molecule has 0 saturated heterocycles. The fourth-order valence-corrected chi connectivity index (χ4v) is 1.01. The smallest absolute Gasteiger partial charge is 0.193 e. The van der Waals surface area contributed by atoms with Crippen molar-refractivity contribution in [1.29, 1.82) is 0 Å². The third-order valence-corrected chi connectivity index (χ3v) is 1.38. The van der Waals surface area contributed by atoms with Gasteiger partial charge in [-0.05, 0) is 36.6 Å². The van der Waals surface area contributed by atoms with Crippen LogP contribution in [0.15, 0.2) is 16.7 Å². The van der Waals surface area contributed by atoms with Crippen LogP contribution in [0.25, 0.3) is 0 Å². The Hall–Kier alpha value is -0.470. The number of nitrogens with two attached hydrogens (primary N) is 1. The fraction of sp³-hybridized carbons (Fsp3) is 0.429. The highest BCUT2D eigenvalue weighted by Gasteiger charge is 2.00. The van der Waals surface area contributed by atoms with E-state index in [2.05, 4.69) is 0 Å². The summed E-state index contributed by atoms with van der Waals surface area (Å²) in [7, 11) is 0. The van der Waals surface area contributed by atoms with Crippen LogP contribution in [0.4, 0.5) is 0 Å². The Morgan fingerprint density at radius 2 is 2.50 bits per heavy atom. The predicted octanol–water partition coefficient (Wildman–Crippen LogP) is 1.82. The number of hydrogen-bond acceptors (Lipinski definition) is 2. The molecule has 0 aromatic carbocycles. The van der Waals surface area contributed by atoms with Gasteiger partial charge in [0, 0.05) is 6.04 Å². The molecule has 1 atom stereocenters. The summed E-state index contributed by atoms with van der Waals surface area (Å²) in [6.45, 7) is 1.95. The van der Waals surface area contributed by atoms with Crippen LogP contribution in [-0.4, -0.2) is 6.04 Å². The van der Waals surface area contributed by atoms with E-state index in [1.54, 1.807) is 12.3 Å². The molecular weight excluding hydrogens is 150 g/mol. The van der Waals surface area contributed by atoms with E-state index in [4.69, 9.17) is 21.8 Å². The molecule has 0 saturated carbocycles. The molecule has 1 unspecified atom stereocenters. The Morgan fingerprint density at radius 1 is 1.80 bits per heavy atom. The van der Waals surface area contributed by atoms with Crippen molar-refractivity contribution in [3.8, 4) is 0 Å². The second-order valence-corrected chi connectivity index (χ2v) is 2.81. The normalized spacial score (nSPS) is 13.5. The number of rotatable bonds is 2. The van der Waals surface area contributed by atoms with E-state index in [9.17, 15) is 0 Å². The van der Waals surface area contributed by atoms with Gasteiger partial charge in [0.25, 0.3) is 0 Å². The molecule has 0 amide bonds. The van der Waals surface area contributed by atoms with Gasteiger partial charge in [-0.1, -0.05) is 0 Å². The van der Waals surface area contributed by atoms with Crippen molar-refractivity contribution in [1.82, 2.24) is 0 Å². The average Bonchev–Trinajstić information content (AvgIpc) is 2.13. The summed E-state index contributed by atoms with van der Waals surface area (Å²) in [6.07, 6.45) is 2.45. The van der Waals surface area contributed by atoms with Gasteiger partial charge in [0.1, 0.15) is 0 Å². The number of halogens is 1. The van der Waals surface area contributed by atoms with Gasteiger partial charge in [0.2, 0.25) is 0 Å². The van der Waals surface area contributed by atoms with Gasteiger partial charge in [0.05, 0.1) is 6.26 Å². The maximum atomic E-state index is 5.55. The Morgan fingerprint density at radius 3 is 2.90 bits per heavy atom. The largest absolute Gasteiger partial charge is 0.453 e. The van der Waals surface area contributed by atoms with E-state index >= 15 is 0 Å². The highest BCUT2D eigenvalue weighted by molar-refractivity contribution is 6.28. The fourth-order valence-electron chi connectivity index (χ4n) is 0.825. The lowest BCUT2D eigenvalue weighted by atomic mass is 10.1. The average molecular weight is 160 g/mol. The van der Waals surface area contributed by atoms with Crippen molar-refractivity contribution in [2.24, 2.45) is 5.73 Å². The first-order valence-corrected chi connectivity index (χ1v) is 3.55. The summed E-state index contributed by atoms with van der Waals surface area (Å²) in [5.41, 5.74) is 6.60. The van der Waals surface area contributed by atoms with Crippen molar-refractivity contribution < 1.29 is 4.42 Å². The van der Waals surface area contributed by atoms with Crippen molar-refractivity contribution in [2.45, 2.75) is 19.4 Å². The van der Waals surface area contributed by atoms with Crippen molar-refractivity contribution >= 4 is 11.6 Å². The van der Waals surface area contributed by atoms with Crippen LogP contribution in [0.3, 0.4) is 0 Å². The van der Waals surface area contributed by atoms with Crippen LogP contribution in [0.5, 0.6) is 0 Å². The molecule has 0 aliphatic heterocycles. The molecule has 56 valence electrons. The topological polar surface area (TPSA) is 39.2 Å². The molecule has 1 aromatic rings. The number of hydrogen-bond donors (Lipinski definition) is 1. The minimum absolute atomic E-state index is 0.161. The highest BCUT2D eigenvalue weighted by atomic mass is 35.5. The van der Waals surface area contributed by atoms with Crippen molar-refractivity contribution in [2.75, 3.05) is 0 Å². The zero-order valence-corrected chi connectivity index (χ0v) is 6.56. The van der Waals surface area contributed by atoms with E-state index in [0.29, 0.717) is 5.22 Å². The van der Waals surface area contributed by atoms with E-state index in [0.717, 1.165) is 12.0 Å². The molecule has 10 heavy (non-hydrogen) atoms. The molecule has 0 spiro atoms. The van der Waals surface area contributed by atoms with Gasteiger partial charge in [-0.2, -0.15) is 0 Å². The summed E-state index contributed by atoms with van der Waals surface area (Å²) in [4.78, 5) is 0. The minimum atomic E-state index is 0.161. The maximum absolute atomic E-state index is 5.55. The van der Waals surface area contributed by atoms with Crippen LogP contribution in [0, 0.1) is 0 Å². The van der Waals surface area contributed by atoms with E-state index in [-0.39, 0.29) is 6.04 Å². The highest BCUT2D eigenvalue weighted by Crippen LogP contribution is 2.13. The lowest BCUT2D eigenvalue weighted by molar-refractivity contribution is 0.563.